The Morgan fingerprint density at radius 3 is 2.06 bits per heavy atom. The third kappa shape index (κ3) is 5.18. The van der Waals surface area contributed by atoms with Gasteiger partial charge in [0.1, 0.15) is 18.7 Å². The van der Waals surface area contributed by atoms with E-state index in [1.54, 1.807) is 13.8 Å². The number of carboxylic acid groups (broad SMARTS) is 1. The minimum atomic E-state index is -1.06. The standard InChI is InChI=1S/C26H30N2O5/c1-15(2)23(24(29)27-22(25(30)31)13-16-11-12-16)28-26(32)33-14-21-19-9-5-3-7-17(19)18-8-4-6-10-20(18)21/h3-10,15-16,21-23H,11-14H2,1-2H3,(H,27,29)(H,28,32)(H,30,31)/t22-,23?/m0/s1. The summed E-state index contributed by atoms with van der Waals surface area (Å²) in [6.07, 6.45) is 1.70. The molecule has 2 aromatic rings. The van der Waals surface area contributed by atoms with Crippen LogP contribution in [0.2, 0.25) is 0 Å². The van der Waals surface area contributed by atoms with Crippen molar-refractivity contribution in [1.82, 2.24) is 10.6 Å². The molecule has 2 aliphatic rings. The molecule has 1 fully saturated rings. The van der Waals surface area contributed by atoms with Gasteiger partial charge < -0.3 is 20.5 Å². The highest BCUT2D eigenvalue weighted by molar-refractivity contribution is 5.89. The Labute approximate surface area is 193 Å². The molecule has 2 aromatic carbocycles. The number of ether oxygens (including phenoxy) is 1. The summed E-state index contributed by atoms with van der Waals surface area (Å²) in [6.45, 7) is 3.74. The number of benzene rings is 2. The maximum atomic E-state index is 12.8. The first-order valence-corrected chi connectivity index (χ1v) is 11.5. The van der Waals surface area contributed by atoms with Crippen LogP contribution in [0.3, 0.4) is 0 Å². The van der Waals surface area contributed by atoms with Crippen LogP contribution in [-0.2, 0) is 14.3 Å². The van der Waals surface area contributed by atoms with E-state index >= 15 is 0 Å². The average molecular weight is 451 g/mol. The largest absolute Gasteiger partial charge is 0.480 e. The zero-order chi connectivity index (χ0) is 23.5. The van der Waals surface area contributed by atoms with Crippen molar-refractivity contribution in [2.24, 2.45) is 11.8 Å². The van der Waals surface area contributed by atoms with Gasteiger partial charge in [0.2, 0.25) is 5.91 Å². The maximum Gasteiger partial charge on any atom is 0.407 e. The first-order valence-electron chi connectivity index (χ1n) is 11.5. The molecule has 0 heterocycles. The molecule has 33 heavy (non-hydrogen) atoms. The molecule has 0 saturated heterocycles. The number of aliphatic carboxylic acids is 1. The first kappa shape index (κ1) is 22.8. The number of nitrogens with one attached hydrogen (secondary N) is 2. The van der Waals surface area contributed by atoms with Crippen LogP contribution in [0.15, 0.2) is 48.5 Å². The first-order chi connectivity index (χ1) is 15.8. The van der Waals surface area contributed by atoms with Crippen LogP contribution in [0.5, 0.6) is 0 Å². The van der Waals surface area contributed by atoms with Gasteiger partial charge in [-0.25, -0.2) is 9.59 Å². The molecule has 7 heteroatoms. The molecule has 2 atom stereocenters. The number of carbonyl (C=O) groups excluding carboxylic acids is 2. The van der Waals surface area contributed by atoms with Gasteiger partial charge in [0.25, 0.3) is 0 Å². The van der Waals surface area contributed by atoms with Crippen LogP contribution in [0.1, 0.15) is 50.2 Å². The molecule has 3 N–H and O–H groups in total. The fourth-order valence-corrected chi connectivity index (χ4v) is 4.47. The Kier molecular flexibility index (Phi) is 6.67. The summed E-state index contributed by atoms with van der Waals surface area (Å²) >= 11 is 0. The van der Waals surface area contributed by atoms with Gasteiger partial charge in [0.15, 0.2) is 0 Å². The number of alkyl carbamates (subject to hydrolysis) is 1. The van der Waals surface area contributed by atoms with E-state index in [0.29, 0.717) is 12.3 Å². The summed E-state index contributed by atoms with van der Waals surface area (Å²) < 4.78 is 5.55. The van der Waals surface area contributed by atoms with E-state index in [-0.39, 0.29) is 18.4 Å². The van der Waals surface area contributed by atoms with Crippen molar-refractivity contribution in [3.63, 3.8) is 0 Å². The Bertz CT molecular complexity index is 1000. The molecular formula is C26H30N2O5. The number of rotatable bonds is 9. The van der Waals surface area contributed by atoms with Crippen LogP contribution in [0, 0.1) is 11.8 Å². The highest BCUT2D eigenvalue weighted by Gasteiger charge is 2.34. The van der Waals surface area contributed by atoms with E-state index in [1.165, 1.54) is 0 Å². The van der Waals surface area contributed by atoms with Crippen LogP contribution >= 0.6 is 0 Å². The Balaban J connectivity index is 1.38. The molecule has 0 spiro atoms. The summed E-state index contributed by atoms with van der Waals surface area (Å²) in [5, 5.41) is 14.7. The minimum Gasteiger partial charge on any atom is -0.480 e. The molecule has 0 aliphatic heterocycles. The summed E-state index contributed by atoms with van der Waals surface area (Å²) in [5.41, 5.74) is 4.48. The van der Waals surface area contributed by atoms with Crippen molar-refractivity contribution in [3.8, 4) is 11.1 Å². The molecule has 4 rings (SSSR count). The van der Waals surface area contributed by atoms with E-state index in [9.17, 15) is 19.5 Å². The molecule has 1 saturated carbocycles. The van der Waals surface area contributed by atoms with E-state index in [2.05, 4.69) is 22.8 Å². The van der Waals surface area contributed by atoms with Gasteiger partial charge in [-0.15, -0.1) is 0 Å². The van der Waals surface area contributed by atoms with Crippen molar-refractivity contribution in [2.75, 3.05) is 6.61 Å². The zero-order valence-corrected chi connectivity index (χ0v) is 18.9. The predicted octanol–water partition coefficient (Wildman–Crippen LogP) is 3.92. The fraction of sp³-hybridized carbons (Fsp3) is 0.423. The fourth-order valence-electron chi connectivity index (χ4n) is 4.47. The van der Waals surface area contributed by atoms with Gasteiger partial charge >= 0.3 is 12.1 Å². The molecule has 2 aliphatic carbocycles. The SMILES string of the molecule is CC(C)C(NC(=O)OCC1c2ccccc2-c2ccccc21)C(=O)N[C@@H](CC1CC1)C(=O)O. The number of hydrogen-bond acceptors (Lipinski definition) is 4. The molecule has 0 bridgehead atoms. The lowest BCUT2D eigenvalue weighted by molar-refractivity contribution is -0.142. The summed E-state index contributed by atoms with van der Waals surface area (Å²) in [6, 6.07) is 14.3. The molecule has 1 unspecified atom stereocenters. The van der Waals surface area contributed by atoms with Crippen LogP contribution in [0.4, 0.5) is 4.79 Å². The highest BCUT2D eigenvalue weighted by Crippen LogP contribution is 2.44. The second-order valence-corrected chi connectivity index (χ2v) is 9.27. The average Bonchev–Trinajstić information content (AvgIpc) is 3.56. The Morgan fingerprint density at radius 1 is 0.970 bits per heavy atom. The van der Waals surface area contributed by atoms with Gasteiger partial charge in [-0.05, 0) is 40.5 Å². The molecule has 174 valence electrons. The third-order valence-corrected chi connectivity index (χ3v) is 6.45. The monoisotopic (exact) mass is 450 g/mol. The van der Waals surface area contributed by atoms with Crippen LogP contribution < -0.4 is 10.6 Å². The van der Waals surface area contributed by atoms with Crippen molar-refractivity contribution in [2.45, 2.75) is 51.1 Å². The molecule has 2 amide bonds. The normalized spacial score (nSPS) is 16.5. The van der Waals surface area contributed by atoms with Crippen molar-refractivity contribution in [3.05, 3.63) is 59.7 Å². The summed E-state index contributed by atoms with van der Waals surface area (Å²) in [4.78, 5) is 36.9. The third-order valence-electron chi connectivity index (χ3n) is 6.45. The highest BCUT2D eigenvalue weighted by atomic mass is 16.5. The Hall–Kier alpha value is -3.35. The lowest BCUT2D eigenvalue weighted by Gasteiger charge is -2.24. The van der Waals surface area contributed by atoms with E-state index in [4.69, 9.17) is 4.74 Å². The van der Waals surface area contributed by atoms with Crippen LogP contribution in [0.25, 0.3) is 11.1 Å². The number of carboxylic acids is 1. The number of hydrogen-bond donors (Lipinski definition) is 3. The van der Waals surface area contributed by atoms with Gasteiger partial charge in [-0.3, -0.25) is 4.79 Å². The van der Waals surface area contributed by atoms with Crippen molar-refractivity contribution in [1.29, 1.82) is 0 Å². The van der Waals surface area contributed by atoms with E-state index in [0.717, 1.165) is 35.1 Å². The molecule has 0 radical (unpaired) electrons. The lowest BCUT2D eigenvalue weighted by atomic mass is 9.98. The number of fused-ring (bicyclic) bond motifs is 3. The maximum absolute atomic E-state index is 12.8. The Morgan fingerprint density at radius 2 is 1.55 bits per heavy atom. The second kappa shape index (κ2) is 9.65. The van der Waals surface area contributed by atoms with Gasteiger partial charge in [0, 0.05) is 5.92 Å². The smallest absolute Gasteiger partial charge is 0.407 e. The minimum absolute atomic E-state index is 0.0793. The molecule has 0 aromatic heterocycles. The lowest BCUT2D eigenvalue weighted by Crippen LogP contribution is -2.54. The van der Waals surface area contributed by atoms with Gasteiger partial charge in [-0.1, -0.05) is 75.2 Å². The van der Waals surface area contributed by atoms with Crippen molar-refractivity contribution < 1.29 is 24.2 Å². The van der Waals surface area contributed by atoms with E-state index < -0.39 is 30.1 Å². The quantitative estimate of drug-likeness (QED) is 0.537. The van der Waals surface area contributed by atoms with Gasteiger partial charge in [-0.2, -0.15) is 0 Å². The molecule has 7 nitrogen and oxygen atoms in total. The summed E-state index contributed by atoms with van der Waals surface area (Å²) in [5.74, 6) is -1.53. The number of amides is 2. The van der Waals surface area contributed by atoms with Crippen LogP contribution in [-0.4, -0.2) is 41.8 Å². The van der Waals surface area contributed by atoms with Gasteiger partial charge in [0.05, 0.1) is 0 Å². The second-order valence-electron chi connectivity index (χ2n) is 9.27. The zero-order valence-electron chi connectivity index (χ0n) is 18.9. The number of carbonyl (C=O) groups is 3. The molecular weight excluding hydrogens is 420 g/mol. The topological polar surface area (TPSA) is 105 Å². The summed E-state index contributed by atoms with van der Waals surface area (Å²) in [7, 11) is 0. The van der Waals surface area contributed by atoms with E-state index in [1.807, 2.05) is 36.4 Å². The van der Waals surface area contributed by atoms with Crippen molar-refractivity contribution >= 4 is 18.0 Å². The predicted molar refractivity (Wildman–Crippen MR) is 124 cm³/mol.